The van der Waals surface area contributed by atoms with Crippen LogP contribution < -0.4 is 14.8 Å². The summed E-state index contributed by atoms with van der Waals surface area (Å²) < 4.78 is 10.6. The second-order valence-corrected chi connectivity index (χ2v) is 5.24. The van der Waals surface area contributed by atoms with Crippen molar-refractivity contribution < 1.29 is 14.3 Å². The van der Waals surface area contributed by atoms with Crippen LogP contribution in [0.3, 0.4) is 0 Å². The van der Waals surface area contributed by atoms with Gasteiger partial charge in [-0.15, -0.1) is 0 Å². The molecule has 2 aromatic rings. The highest BCUT2D eigenvalue weighted by atomic mass is 35.5. The van der Waals surface area contributed by atoms with E-state index < -0.39 is 0 Å². The Bertz CT molecular complexity index is 764. The fourth-order valence-electron chi connectivity index (χ4n) is 1.85. The normalized spacial score (nSPS) is 9.62. The standard InChI is InChI=1S/C18H17ClN2O3/c1-13-5-7-15(12-21-13)24-10-4-3-9-20-18(22)16-11-14(19)6-8-17(16)23-2/h5-8,11-12H,9-10H2,1-2H3,(H,20,22). The number of pyridine rings is 1. The Hall–Kier alpha value is -2.71. The van der Waals surface area contributed by atoms with Crippen molar-refractivity contribution in [1.29, 1.82) is 0 Å². The van der Waals surface area contributed by atoms with E-state index in [2.05, 4.69) is 22.1 Å². The lowest BCUT2D eigenvalue weighted by Gasteiger charge is -2.08. The van der Waals surface area contributed by atoms with Gasteiger partial charge in [0, 0.05) is 10.7 Å². The number of nitrogens with zero attached hydrogens (tertiary/aromatic N) is 1. The highest BCUT2D eigenvalue weighted by Crippen LogP contribution is 2.22. The summed E-state index contributed by atoms with van der Waals surface area (Å²) in [6.45, 7) is 2.33. The van der Waals surface area contributed by atoms with Crippen LogP contribution in [0.5, 0.6) is 11.5 Å². The maximum absolute atomic E-state index is 12.1. The second kappa shape index (κ2) is 8.80. The third-order valence-corrected chi connectivity index (χ3v) is 3.30. The summed E-state index contributed by atoms with van der Waals surface area (Å²) in [7, 11) is 1.50. The van der Waals surface area contributed by atoms with Gasteiger partial charge in [-0.2, -0.15) is 0 Å². The van der Waals surface area contributed by atoms with E-state index >= 15 is 0 Å². The predicted octanol–water partition coefficient (Wildman–Crippen LogP) is 2.86. The minimum atomic E-state index is -0.299. The van der Waals surface area contributed by atoms with Crippen molar-refractivity contribution >= 4 is 17.5 Å². The Morgan fingerprint density at radius 1 is 1.29 bits per heavy atom. The first-order valence-corrected chi connectivity index (χ1v) is 7.61. The molecule has 0 aliphatic heterocycles. The predicted molar refractivity (Wildman–Crippen MR) is 92.6 cm³/mol. The molecular weight excluding hydrogens is 328 g/mol. The number of aromatic nitrogens is 1. The van der Waals surface area contributed by atoms with E-state index in [9.17, 15) is 4.79 Å². The van der Waals surface area contributed by atoms with Gasteiger partial charge in [0.05, 0.1) is 25.4 Å². The van der Waals surface area contributed by atoms with Gasteiger partial charge < -0.3 is 14.8 Å². The first-order chi connectivity index (χ1) is 11.6. The number of rotatable bonds is 5. The van der Waals surface area contributed by atoms with E-state index in [1.54, 1.807) is 24.4 Å². The Balaban J connectivity index is 1.81. The van der Waals surface area contributed by atoms with E-state index in [0.29, 0.717) is 22.1 Å². The summed E-state index contributed by atoms with van der Waals surface area (Å²) in [5.41, 5.74) is 1.29. The lowest BCUT2D eigenvalue weighted by molar-refractivity contribution is 0.0955. The molecule has 0 aliphatic rings. The Morgan fingerprint density at radius 3 is 2.83 bits per heavy atom. The number of aryl methyl sites for hydroxylation is 1. The molecule has 0 saturated carbocycles. The fourth-order valence-corrected chi connectivity index (χ4v) is 2.02. The number of carbonyl (C=O) groups is 1. The third kappa shape index (κ3) is 5.18. The molecule has 0 aliphatic carbocycles. The molecule has 5 nitrogen and oxygen atoms in total. The zero-order chi connectivity index (χ0) is 17.4. The van der Waals surface area contributed by atoms with Gasteiger partial charge in [-0.25, -0.2) is 0 Å². The highest BCUT2D eigenvalue weighted by Gasteiger charge is 2.11. The van der Waals surface area contributed by atoms with Crippen LogP contribution >= 0.6 is 11.6 Å². The Kier molecular flexibility index (Phi) is 6.47. The van der Waals surface area contributed by atoms with Crippen molar-refractivity contribution in [1.82, 2.24) is 10.3 Å². The molecule has 1 amide bonds. The van der Waals surface area contributed by atoms with Gasteiger partial charge in [0.2, 0.25) is 0 Å². The summed E-state index contributed by atoms with van der Waals surface area (Å²) >= 11 is 5.90. The maximum atomic E-state index is 12.1. The molecule has 0 radical (unpaired) electrons. The number of nitrogens with one attached hydrogen (secondary N) is 1. The van der Waals surface area contributed by atoms with Crippen molar-refractivity contribution in [2.75, 3.05) is 20.3 Å². The van der Waals surface area contributed by atoms with Crippen molar-refractivity contribution in [2.45, 2.75) is 6.92 Å². The summed E-state index contributed by atoms with van der Waals surface area (Å²) in [4.78, 5) is 16.2. The number of hydrogen-bond acceptors (Lipinski definition) is 4. The first-order valence-electron chi connectivity index (χ1n) is 7.23. The zero-order valence-corrected chi connectivity index (χ0v) is 14.2. The minimum absolute atomic E-state index is 0.198. The number of benzene rings is 1. The summed E-state index contributed by atoms with van der Waals surface area (Å²) in [6.07, 6.45) is 1.64. The molecule has 6 heteroatoms. The van der Waals surface area contributed by atoms with Gasteiger partial charge in [0.25, 0.3) is 5.91 Å². The summed E-state index contributed by atoms with van der Waals surface area (Å²) in [5, 5.41) is 3.15. The van der Waals surface area contributed by atoms with Gasteiger partial charge in [-0.1, -0.05) is 23.4 Å². The number of halogens is 1. The Labute approximate surface area is 146 Å². The van der Waals surface area contributed by atoms with Crippen LogP contribution in [0, 0.1) is 18.8 Å². The first kappa shape index (κ1) is 17.6. The SMILES string of the molecule is COc1ccc(Cl)cc1C(=O)NCC#CCOc1ccc(C)nc1. The molecule has 24 heavy (non-hydrogen) atoms. The van der Waals surface area contributed by atoms with Crippen LogP contribution in [0.4, 0.5) is 0 Å². The van der Waals surface area contributed by atoms with Crippen LogP contribution in [0.15, 0.2) is 36.5 Å². The van der Waals surface area contributed by atoms with E-state index in [0.717, 1.165) is 5.69 Å². The van der Waals surface area contributed by atoms with Gasteiger partial charge in [-0.05, 0) is 37.3 Å². The molecule has 0 fully saturated rings. The topological polar surface area (TPSA) is 60.5 Å². The molecule has 1 aromatic heterocycles. The molecular formula is C18H17ClN2O3. The number of ether oxygens (including phenoxy) is 2. The lowest BCUT2D eigenvalue weighted by Crippen LogP contribution is -2.24. The lowest BCUT2D eigenvalue weighted by atomic mass is 10.2. The van der Waals surface area contributed by atoms with Crippen molar-refractivity contribution in [3.63, 3.8) is 0 Å². The molecule has 0 bridgehead atoms. The largest absolute Gasteiger partial charge is 0.496 e. The number of hydrogen-bond donors (Lipinski definition) is 1. The summed E-state index contributed by atoms with van der Waals surface area (Å²) in [6, 6.07) is 8.55. The minimum Gasteiger partial charge on any atom is -0.496 e. The quantitative estimate of drug-likeness (QED) is 0.847. The molecule has 1 aromatic carbocycles. The summed E-state index contributed by atoms with van der Waals surface area (Å²) in [5.74, 6) is 6.46. The van der Waals surface area contributed by atoms with Crippen LogP contribution in [0.25, 0.3) is 0 Å². The van der Waals surface area contributed by atoms with Crippen LogP contribution in [-0.2, 0) is 0 Å². The Morgan fingerprint density at radius 2 is 2.12 bits per heavy atom. The fraction of sp³-hybridized carbons (Fsp3) is 0.222. The maximum Gasteiger partial charge on any atom is 0.255 e. The van der Waals surface area contributed by atoms with E-state index in [1.165, 1.54) is 7.11 Å². The van der Waals surface area contributed by atoms with E-state index in [4.69, 9.17) is 21.1 Å². The zero-order valence-electron chi connectivity index (χ0n) is 13.4. The van der Waals surface area contributed by atoms with Crippen molar-refractivity contribution in [3.05, 3.63) is 52.8 Å². The average Bonchev–Trinajstić information content (AvgIpc) is 2.59. The number of amides is 1. The molecule has 0 spiro atoms. The molecule has 2 rings (SSSR count). The van der Waals surface area contributed by atoms with Gasteiger partial charge in [0.15, 0.2) is 0 Å². The van der Waals surface area contributed by atoms with Gasteiger partial charge in [-0.3, -0.25) is 9.78 Å². The monoisotopic (exact) mass is 344 g/mol. The molecule has 124 valence electrons. The third-order valence-electron chi connectivity index (χ3n) is 3.06. The molecule has 0 unspecified atom stereocenters. The molecule has 1 heterocycles. The van der Waals surface area contributed by atoms with Gasteiger partial charge in [0.1, 0.15) is 18.1 Å². The van der Waals surface area contributed by atoms with Crippen molar-refractivity contribution in [2.24, 2.45) is 0 Å². The smallest absolute Gasteiger partial charge is 0.255 e. The van der Waals surface area contributed by atoms with Crippen molar-refractivity contribution in [3.8, 4) is 23.3 Å². The van der Waals surface area contributed by atoms with Crippen LogP contribution in [0.1, 0.15) is 16.1 Å². The molecule has 1 N–H and O–H groups in total. The molecule has 0 atom stereocenters. The number of methoxy groups -OCH3 is 1. The number of carbonyl (C=O) groups excluding carboxylic acids is 1. The van der Waals surface area contributed by atoms with Crippen LogP contribution in [0.2, 0.25) is 5.02 Å². The van der Waals surface area contributed by atoms with Gasteiger partial charge >= 0.3 is 0 Å². The van der Waals surface area contributed by atoms with E-state index in [-0.39, 0.29) is 19.1 Å². The average molecular weight is 345 g/mol. The second-order valence-electron chi connectivity index (χ2n) is 4.80. The van der Waals surface area contributed by atoms with Crippen LogP contribution in [-0.4, -0.2) is 31.2 Å². The highest BCUT2D eigenvalue weighted by molar-refractivity contribution is 6.31. The molecule has 0 saturated heterocycles. The van der Waals surface area contributed by atoms with E-state index in [1.807, 2.05) is 19.1 Å².